The van der Waals surface area contributed by atoms with Crippen LogP contribution >= 0.6 is 0 Å². The second-order valence-electron chi connectivity index (χ2n) is 4.93. The zero-order valence-corrected chi connectivity index (χ0v) is 10.7. The second kappa shape index (κ2) is 4.59. The lowest BCUT2D eigenvalue weighted by Gasteiger charge is -2.37. The Balaban J connectivity index is 2.57. The van der Waals surface area contributed by atoms with E-state index in [1.807, 2.05) is 31.6 Å². The molecule has 1 heterocycles. The third kappa shape index (κ3) is 3.09. The largest absolute Gasteiger partial charge is 0.427 e. The van der Waals surface area contributed by atoms with E-state index in [1.54, 1.807) is 27.5 Å². The molecule has 0 aliphatic heterocycles. The molecule has 4 nitrogen and oxygen atoms in total. The minimum absolute atomic E-state index is 0.638. The molecule has 5 heteroatoms. The summed E-state index contributed by atoms with van der Waals surface area (Å²) < 4.78 is 7.44. The fourth-order valence-corrected chi connectivity index (χ4v) is 0.973. The van der Waals surface area contributed by atoms with Crippen molar-refractivity contribution in [2.45, 2.75) is 52.4 Å². The molecule has 89 valence electrons. The van der Waals surface area contributed by atoms with E-state index in [1.165, 1.54) is 0 Å². The second-order valence-corrected chi connectivity index (χ2v) is 4.93. The molecule has 0 saturated heterocycles. The third-order valence-electron chi connectivity index (χ3n) is 2.94. The highest BCUT2D eigenvalue weighted by Crippen LogP contribution is 2.24. The van der Waals surface area contributed by atoms with Gasteiger partial charge in [0, 0.05) is 18.9 Å². The molecule has 1 N–H and O–H groups in total. The van der Waals surface area contributed by atoms with Crippen LogP contribution in [0.5, 0.6) is 0 Å². The number of aryl methyl sites for hydroxylation is 1. The molecular weight excluding hydrogens is 203 g/mol. The minimum Gasteiger partial charge on any atom is -0.427 e. The van der Waals surface area contributed by atoms with Crippen LogP contribution < -0.4 is 5.46 Å². The van der Waals surface area contributed by atoms with Gasteiger partial charge in [-0.3, -0.25) is 4.68 Å². The summed E-state index contributed by atoms with van der Waals surface area (Å²) in [5.74, 6) is 0. The first-order valence-corrected chi connectivity index (χ1v) is 5.52. The first-order valence-electron chi connectivity index (χ1n) is 5.52. The molecular formula is C11H20BN2O2. The van der Waals surface area contributed by atoms with Crippen molar-refractivity contribution in [1.82, 2.24) is 9.78 Å². The molecule has 0 aliphatic rings. The Labute approximate surface area is 97.9 Å². The van der Waals surface area contributed by atoms with Crippen LogP contribution in [0.4, 0.5) is 0 Å². The van der Waals surface area contributed by atoms with Crippen LogP contribution in [0.25, 0.3) is 0 Å². The van der Waals surface area contributed by atoms with E-state index in [9.17, 15) is 5.11 Å². The standard InChI is InChI=1S/C11H20BN2O2/c1-6-14-8-9(7-13-14)12-16-11(4,5)10(2,3)15/h7-8,15H,6H2,1-5H3. The fraction of sp³-hybridized carbons (Fsp3) is 0.727. The van der Waals surface area contributed by atoms with E-state index in [4.69, 9.17) is 4.65 Å². The lowest BCUT2D eigenvalue weighted by Crippen LogP contribution is -2.49. The first-order chi connectivity index (χ1) is 7.26. The summed E-state index contributed by atoms with van der Waals surface area (Å²) in [5, 5.41) is 14.0. The van der Waals surface area contributed by atoms with E-state index in [0.717, 1.165) is 12.0 Å². The van der Waals surface area contributed by atoms with Gasteiger partial charge in [-0.05, 0) is 40.1 Å². The number of hydrogen-bond donors (Lipinski definition) is 1. The molecule has 1 rings (SSSR count). The van der Waals surface area contributed by atoms with Crippen molar-refractivity contribution in [3.8, 4) is 0 Å². The Morgan fingerprint density at radius 2 is 2.06 bits per heavy atom. The molecule has 0 spiro atoms. The zero-order valence-electron chi connectivity index (χ0n) is 10.7. The molecule has 0 saturated carbocycles. The minimum atomic E-state index is -0.899. The Kier molecular flexibility index (Phi) is 3.81. The number of rotatable bonds is 5. The lowest BCUT2D eigenvalue weighted by molar-refractivity contribution is -0.0893. The van der Waals surface area contributed by atoms with Crippen LogP contribution in [0.2, 0.25) is 0 Å². The average Bonchev–Trinajstić information content (AvgIpc) is 2.60. The Hall–Kier alpha value is -0.805. The zero-order chi connectivity index (χ0) is 12.4. The summed E-state index contributed by atoms with van der Waals surface area (Å²) in [5.41, 5.74) is -0.634. The molecule has 1 aromatic heterocycles. The molecule has 0 amide bonds. The van der Waals surface area contributed by atoms with Gasteiger partial charge in [0.2, 0.25) is 0 Å². The van der Waals surface area contributed by atoms with Gasteiger partial charge in [-0.25, -0.2) is 0 Å². The van der Waals surface area contributed by atoms with Gasteiger partial charge < -0.3 is 9.76 Å². The Bertz CT molecular complexity index is 342. The molecule has 0 fully saturated rings. The van der Waals surface area contributed by atoms with Crippen LogP contribution in [0.3, 0.4) is 0 Å². The first kappa shape index (κ1) is 13.3. The summed E-state index contributed by atoms with van der Waals surface area (Å²) in [6, 6.07) is 0. The molecule has 0 atom stereocenters. The van der Waals surface area contributed by atoms with Gasteiger partial charge in [0.25, 0.3) is 0 Å². The van der Waals surface area contributed by atoms with Crippen LogP contribution in [-0.4, -0.2) is 33.6 Å². The maximum absolute atomic E-state index is 9.91. The summed E-state index contributed by atoms with van der Waals surface area (Å²) in [7, 11) is 1.64. The van der Waals surface area contributed by atoms with Gasteiger partial charge in [0.05, 0.1) is 11.2 Å². The van der Waals surface area contributed by atoms with Crippen molar-refractivity contribution in [3.05, 3.63) is 12.4 Å². The average molecular weight is 223 g/mol. The molecule has 16 heavy (non-hydrogen) atoms. The summed E-state index contributed by atoms with van der Waals surface area (Å²) in [6.45, 7) is 10.0. The predicted octanol–water partition coefficient (Wildman–Crippen LogP) is 0.714. The molecule has 0 bridgehead atoms. The topological polar surface area (TPSA) is 47.3 Å². The van der Waals surface area contributed by atoms with E-state index < -0.39 is 11.2 Å². The number of aromatic nitrogens is 2. The van der Waals surface area contributed by atoms with Gasteiger partial charge in [-0.15, -0.1) is 0 Å². The van der Waals surface area contributed by atoms with Crippen LogP contribution in [0.15, 0.2) is 12.4 Å². The monoisotopic (exact) mass is 223 g/mol. The van der Waals surface area contributed by atoms with Gasteiger partial charge in [0.15, 0.2) is 0 Å². The maximum Gasteiger partial charge on any atom is 0.334 e. The van der Waals surface area contributed by atoms with Gasteiger partial charge in [-0.2, -0.15) is 5.10 Å². The van der Waals surface area contributed by atoms with Crippen LogP contribution in [-0.2, 0) is 11.2 Å². The van der Waals surface area contributed by atoms with Crippen LogP contribution in [0.1, 0.15) is 34.6 Å². The van der Waals surface area contributed by atoms with Gasteiger partial charge in [-0.1, -0.05) is 0 Å². The summed E-state index contributed by atoms with van der Waals surface area (Å²) in [4.78, 5) is 0. The summed E-state index contributed by atoms with van der Waals surface area (Å²) in [6.07, 6.45) is 3.64. The van der Waals surface area contributed by atoms with Crippen molar-refractivity contribution < 1.29 is 9.76 Å². The molecule has 0 unspecified atom stereocenters. The third-order valence-corrected chi connectivity index (χ3v) is 2.94. The van der Waals surface area contributed by atoms with Gasteiger partial charge in [0.1, 0.15) is 0 Å². The van der Waals surface area contributed by atoms with Gasteiger partial charge >= 0.3 is 7.48 Å². The van der Waals surface area contributed by atoms with E-state index in [2.05, 4.69) is 5.10 Å². The van der Waals surface area contributed by atoms with Crippen LogP contribution in [0, 0.1) is 0 Å². The van der Waals surface area contributed by atoms with Crippen molar-refractivity contribution in [2.24, 2.45) is 0 Å². The molecule has 0 aliphatic carbocycles. The normalized spacial score (nSPS) is 12.9. The van der Waals surface area contributed by atoms with Crippen molar-refractivity contribution in [3.63, 3.8) is 0 Å². The molecule has 0 aromatic carbocycles. The van der Waals surface area contributed by atoms with Crippen molar-refractivity contribution in [2.75, 3.05) is 0 Å². The molecule has 1 aromatic rings. The number of nitrogens with zero attached hydrogens (tertiary/aromatic N) is 2. The van der Waals surface area contributed by atoms with E-state index >= 15 is 0 Å². The highest BCUT2D eigenvalue weighted by molar-refractivity contribution is 6.46. The SMILES string of the molecule is CCn1cc([B]OC(C)(C)C(C)(C)O)cn1. The number of hydrogen-bond acceptors (Lipinski definition) is 3. The fourth-order valence-electron chi connectivity index (χ4n) is 0.973. The Morgan fingerprint density at radius 3 is 2.50 bits per heavy atom. The van der Waals surface area contributed by atoms with Crippen molar-refractivity contribution >= 4 is 12.9 Å². The van der Waals surface area contributed by atoms with Crippen molar-refractivity contribution in [1.29, 1.82) is 0 Å². The number of aliphatic hydroxyl groups is 1. The van der Waals surface area contributed by atoms with E-state index in [-0.39, 0.29) is 0 Å². The Morgan fingerprint density at radius 1 is 1.44 bits per heavy atom. The quantitative estimate of drug-likeness (QED) is 0.748. The predicted molar refractivity (Wildman–Crippen MR) is 64.8 cm³/mol. The lowest BCUT2D eigenvalue weighted by atomic mass is 9.84. The smallest absolute Gasteiger partial charge is 0.334 e. The highest BCUT2D eigenvalue weighted by Gasteiger charge is 2.35. The molecule has 1 radical (unpaired) electrons. The maximum atomic E-state index is 9.91. The summed E-state index contributed by atoms with van der Waals surface area (Å²) >= 11 is 0. The highest BCUT2D eigenvalue weighted by atomic mass is 16.5. The van der Waals surface area contributed by atoms with E-state index in [0.29, 0.717) is 0 Å².